The van der Waals surface area contributed by atoms with Gasteiger partial charge in [0, 0.05) is 18.0 Å². The molecule has 0 radical (unpaired) electrons. The number of aromatic carboxylic acids is 1. The summed E-state index contributed by atoms with van der Waals surface area (Å²) in [5, 5.41) is 8.93. The Kier molecular flexibility index (Phi) is 4.11. The van der Waals surface area contributed by atoms with Crippen LogP contribution in [0.5, 0.6) is 11.6 Å². The standard InChI is InChI=1S/C17H11F5N2O3S/c18-28(19,20,21,22)14-7-5-13(6-8-14)27-16-15(23-9-10-24-16)11-1-3-12(4-2-11)17(25)26/h1-10H,(H,25,26). The fourth-order valence-corrected chi connectivity index (χ4v) is 2.90. The van der Waals surface area contributed by atoms with E-state index in [0.717, 1.165) is 12.1 Å². The van der Waals surface area contributed by atoms with E-state index in [1.165, 1.54) is 36.7 Å². The quantitative estimate of drug-likeness (QED) is 0.493. The van der Waals surface area contributed by atoms with E-state index in [0.29, 0.717) is 5.56 Å². The topological polar surface area (TPSA) is 72.3 Å². The molecule has 1 aromatic heterocycles. The molecule has 0 aliphatic heterocycles. The first-order valence-electron chi connectivity index (χ1n) is 7.50. The zero-order chi connectivity index (χ0) is 20.6. The summed E-state index contributed by atoms with van der Waals surface area (Å²) in [6.45, 7) is 0. The molecule has 3 rings (SSSR count). The summed E-state index contributed by atoms with van der Waals surface area (Å²) in [5.41, 5.74) is 0.676. The fourth-order valence-electron chi connectivity index (χ4n) is 2.25. The van der Waals surface area contributed by atoms with Gasteiger partial charge in [-0.1, -0.05) is 31.6 Å². The number of carboxylic acid groups (broad SMARTS) is 1. The van der Waals surface area contributed by atoms with E-state index in [4.69, 9.17) is 9.84 Å². The summed E-state index contributed by atoms with van der Waals surface area (Å²) >= 11 is 0. The Bertz CT molecular complexity index is 1040. The van der Waals surface area contributed by atoms with E-state index in [1.807, 2.05) is 0 Å². The van der Waals surface area contributed by atoms with Crippen molar-refractivity contribution >= 4 is 16.2 Å². The van der Waals surface area contributed by atoms with Gasteiger partial charge in [0.15, 0.2) is 0 Å². The van der Waals surface area contributed by atoms with Crippen LogP contribution in [0, 0.1) is 0 Å². The molecule has 0 saturated heterocycles. The van der Waals surface area contributed by atoms with Gasteiger partial charge >= 0.3 is 16.2 Å². The lowest BCUT2D eigenvalue weighted by Crippen LogP contribution is -2.05. The Morgan fingerprint density at radius 1 is 0.857 bits per heavy atom. The molecule has 11 heteroatoms. The molecule has 1 N–H and O–H groups in total. The lowest BCUT2D eigenvalue weighted by Gasteiger charge is -2.40. The van der Waals surface area contributed by atoms with Crippen molar-refractivity contribution in [3.05, 3.63) is 66.5 Å². The molecule has 0 unspecified atom stereocenters. The second kappa shape index (κ2) is 5.89. The second-order valence-corrected chi connectivity index (χ2v) is 8.04. The number of carbonyl (C=O) groups is 1. The average Bonchev–Trinajstić information content (AvgIpc) is 2.61. The van der Waals surface area contributed by atoms with Gasteiger partial charge in [-0.3, -0.25) is 0 Å². The molecule has 5 nitrogen and oxygen atoms in total. The maximum Gasteiger partial charge on any atom is 0.335 e. The van der Waals surface area contributed by atoms with E-state index in [9.17, 15) is 24.2 Å². The number of carboxylic acids is 1. The molecule has 0 atom stereocenters. The van der Waals surface area contributed by atoms with Gasteiger partial charge < -0.3 is 9.84 Å². The van der Waals surface area contributed by atoms with E-state index in [1.54, 1.807) is 0 Å². The van der Waals surface area contributed by atoms with Crippen LogP contribution < -0.4 is 4.74 Å². The van der Waals surface area contributed by atoms with E-state index >= 15 is 0 Å². The fraction of sp³-hybridized carbons (Fsp3) is 0. The number of aromatic nitrogens is 2. The Hall–Kier alpha value is -3.21. The molecule has 1 heterocycles. The monoisotopic (exact) mass is 418 g/mol. The van der Waals surface area contributed by atoms with Crippen molar-refractivity contribution in [1.82, 2.24) is 9.97 Å². The van der Waals surface area contributed by atoms with Crippen molar-refractivity contribution < 1.29 is 34.1 Å². The minimum atomic E-state index is -9.77. The van der Waals surface area contributed by atoms with Gasteiger partial charge in [0.2, 0.25) is 5.88 Å². The highest BCUT2D eigenvalue weighted by Crippen LogP contribution is 3.02. The zero-order valence-electron chi connectivity index (χ0n) is 13.7. The van der Waals surface area contributed by atoms with Crippen molar-refractivity contribution in [2.45, 2.75) is 4.90 Å². The largest absolute Gasteiger partial charge is 0.478 e. The Balaban J connectivity index is 1.91. The summed E-state index contributed by atoms with van der Waals surface area (Å²) in [7, 11) is -9.77. The highest BCUT2D eigenvalue weighted by atomic mass is 32.5. The van der Waals surface area contributed by atoms with E-state index in [-0.39, 0.29) is 35.0 Å². The van der Waals surface area contributed by atoms with Gasteiger partial charge in [-0.15, -0.1) is 0 Å². The van der Waals surface area contributed by atoms with Crippen LogP contribution in [0.1, 0.15) is 10.4 Å². The molecule has 2 aromatic carbocycles. The number of nitrogens with zero attached hydrogens (tertiary/aromatic N) is 2. The third-order valence-electron chi connectivity index (χ3n) is 3.55. The first kappa shape index (κ1) is 19.5. The number of benzene rings is 2. The highest BCUT2D eigenvalue weighted by molar-refractivity contribution is 8.45. The Labute approximate surface area is 155 Å². The SMILES string of the molecule is O=C(O)c1ccc(-c2nccnc2Oc2ccc(S(F)(F)(F)(F)F)cc2)cc1. The summed E-state index contributed by atoms with van der Waals surface area (Å²) in [5.74, 6) is -1.37. The highest BCUT2D eigenvalue weighted by Gasteiger charge is 2.65. The first-order valence-corrected chi connectivity index (χ1v) is 9.45. The second-order valence-electron chi connectivity index (χ2n) is 5.64. The van der Waals surface area contributed by atoms with Gasteiger partial charge in [0.05, 0.1) is 5.56 Å². The van der Waals surface area contributed by atoms with Gasteiger partial charge in [-0.25, -0.2) is 14.8 Å². The molecule has 0 saturated carbocycles. The normalized spacial score (nSPS) is 14.0. The number of ether oxygens (including phenoxy) is 1. The molecule has 0 spiro atoms. The molecule has 0 aliphatic rings. The van der Waals surface area contributed by atoms with Crippen LogP contribution in [0.4, 0.5) is 19.4 Å². The summed E-state index contributed by atoms with van der Waals surface area (Å²) in [4.78, 5) is 16.9. The van der Waals surface area contributed by atoms with Crippen molar-refractivity contribution in [3.63, 3.8) is 0 Å². The van der Waals surface area contributed by atoms with Crippen molar-refractivity contribution in [3.8, 4) is 22.9 Å². The predicted octanol–water partition coefficient (Wildman–Crippen LogP) is 6.29. The van der Waals surface area contributed by atoms with Crippen LogP contribution in [0.3, 0.4) is 0 Å². The Morgan fingerprint density at radius 3 is 1.96 bits per heavy atom. The van der Waals surface area contributed by atoms with E-state index < -0.39 is 21.1 Å². The Morgan fingerprint density at radius 2 is 1.43 bits per heavy atom. The van der Waals surface area contributed by atoms with Crippen LogP contribution >= 0.6 is 10.2 Å². The van der Waals surface area contributed by atoms with Gasteiger partial charge in [0.25, 0.3) is 0 Å². The van der Waals surface area contributed by atoms with Crippen LogP contribution in [-0.4, -0.2) is 21.0 Å². The molecule has 3 aromatic rings. The molecular formula is C17H11F5N2O3S. The smallest absolute Gasteiger partial charge is 0.335 e. The lowest BCUT2D eigenvalue weighted by molar-refractivity contribution is 0.0697. The molecule has 0 aliphatic carbocycles. The van der Waals surface area contributed by atoms with Crippen LogP contribution in [0.2, 0.25) is 0 Å². The van der Waals surface area contributed by atoms with Gasteiger partial charge in [-0.05, 0) is 36.4 Å². The summed E-state index contributed by atoms with van der Waals surface area (Å²) in [6.07, 6.45) is 2.61. The van der Waals surface area contributed by atoms with Crippen LogP contribution in [0.25, 0.3) is 11.3 Å². The molecule has 0 bridgehead atoms. The minimum Gasteiger partial charge on any atom is -0.478 e. The number of hydrogen-bond donors (Lipinski definition) is 1. The average molecular weight is 418 g/mol. The summed E-state index contributed by atoms with van der Waals surface area (Å²) < 4.78 is 69.3. The number of halogens is 5. The van der Waals surface area contributed by atoms with Crippen molar-refractivity contribution in [1.29, 1.82) is 0 Å². The maximum atomic E-state index is 12.8. The molecule has 28 heavy (non-hydrogen) atoms. The van der Waals surface area contributed by atoms with Gasteiger partial charge in [0.1, 0.15) is 16.3 Å². The number of hydrogen-bond acceptors (Lipinski definition) is 4. The molecule has 0 fully saturated rings. The molecule has 148 valence electrons. The minimum absolute atomic E-state index is 0.0432. The predicted molar refractivity (Wildman–Crippen MR) is 92.3 cm³/mol. The van der Waals surface area contributed by atoms with E-state index in [2.05, 4.69) is 9.97 Å². The van der Waals surface area contributed by atoms with Crippen LogP contribution in [-0.2, 0) is 0 Å². The third kappa shape index (κ3) is 4.36. The van der Waals surface area contributed by atoms with Crippen LogP contribution in [0.15, 0.2) is 65.8 Å². The summed E-state index contributed by atoms with van der Waals surface area (Å²) in [6, 6.07) is 7.54. The molecule has 0 amide bonds. The zero-order valence-corrected chi connectivity index (χ0v) is 14.5. The maximum absolute atomic E-state index is 12.8. The lowest BCUT2D eigenvalue weighted by atomic mass is 10.1. The molecular weight excluding hydrogens is 407 g/mol. The number of rotatable bonds is 5. The van der Waals surface area contributed by atoms with Gasteiger partial charge in [-0.2, -0.15) is 0 Å². The third-order valence-corrected chi connectivity index (χ3v) is 4.72. The first-order chi connectivity index (χ1) is 12.8. The van der Waals surface area contributed by atoms with Crippen molar-refractivity contribution in [2.24, 2.45) is 0 Å². The van der Waals surface area contributed by atoms with Crippen molar-refractivity contribution in [2.75, 3.05) is 0 Å².